The number of carbonyl (C=O) groups is 2. The fraction of sp³-hybridized carbons (Fsp3) is 0.0333. The van der Waals surface area contributed by atoms with Crippen molar-refractivity contribution in [2.75, 3.05) is 12.4 Å². The van der Waals surface area contributed by atoms with Crippen molar-refractivity contribution in [2.24, 2.45) is 0 Å². The maximum atomic E-state index is 13.2. The van der Waals surface area contributed by atoms with Gasteiger partial charge in [0.1, 0.15) is 15.9 Å². The minimum atomic E-state index is -2.60. The molecule has 1 aromatic heterocycles. The van der Waals surface area contributed by atoms with Crippen LogP contribution in [0.1, 0.15) is 20.8 Å². The van der Waals surface area contributed by atoms with Crippen molar-refractivity contribution in [3.63, 3.8) is 0 Å². The molecule has 0 saturated heterocycles. The summed E-state index contributed by atoms with van der Waals surface area (Å²) in [5, 5.41) is 6.46. The molecule has 1 heterocycles. The molecule has 0 aliphatic rings. The van der Waals surface area contributed by atoms with Crippen molar-refractivity contribution in [3.8, 4) is 0 Å². The van der Waals surface area contributed by atoms with Gasteiger partial charge in [0, 0.05) is 5.56 Å². The van der Waals surface area contributed by atoms with Gasteiger partial charge in [-0.3, -0.25) is 10.1 Å². The number of esters is 1. The first-order valence-corrected chi connectivity index (χ1v) is 14.3. The third-order valence-corrected chi connectivity index (χ3v) is 11.9. The number of aromatic nitrogens is 1. The first kappa shape index (κ1) is 24.6. The van der Waals surface area contributed by atoms with Crippen LogP contribution in [0.2, 0.25) is 0 Å². The van der Waals surface area contributed by atoms with Crippen LogP contribution in [0.15, 0.2) is 121 Å². The van der Waals surface area contributed by atoms with E-state index < -0.39 is 13.2 Å². The molecule has 0 saturated carbocycles. The van der Waals surface area contributed by atoms with Crippen molar-refractivity contribution in [1.82, 2.24) is 4.98 Å². The second kappa shape index (κ2) is 10.9. The smallest absolute Gasteiger partial charge is 0.361 e. The topological polar surface area (TPSA) is 68.3 Å². The van der Waals surface area contributed by atoms with Gasteiger partial charge in [0.05, 0.1) is 7.11 Å². The van der Waals surface area contributed by atoms with E-state index in [0.29, 0.717) is 10.7 Å². The molecule has 5 rings (SSSR count). The van der Waals surface area contributed by atoms with Gasteiger partial charge in [-0.15, -0.1) is 0 Å². The lowest BCUT2D eigenvalue weighted by molar-refractivity contribution is 0.0596. The number of hydrogen-bond donors (Lipinski definition) is 1. The van der Waals surface area contributed by atoms with Gasteiger partial charge in [0.25, 0.3) is 5.91 Å². The van der Waals surface area contributed by atoms with Crippen LogP contribution in [-0.4, -0.2) is 24.0 Å². The summed E-state index contributed by atoms with van der Waals surface area (Å²) in [5.74, 6) is -0.834. The van der Waals surface area contributed by atoms with Crippen LogP contribution in [-0.2, 0) is 4.74 Å². The molecule has 0 atom stereocenters. The Bertz CT molecular complexity index is 1410. The van der Waals surface area contributed by atoms with Crippen LogP contribution in [0, 0.1) is 0 Å². The summed E-state index contributed by atoms with van der Waals surface area (Å²) in [5.41, 5.74) is 0.717. The van der Waals surface area contributed by atoms with Gasteiger partial charge in [-0.2, -0.15) is 0 Å². The zero-order valence-corrected chi connectivity index (χ0v) is 21.8. The predicted molar refractivity (Wildman–Crippen MR) is 153 cm³/mol. The standard InChI is InChI=1S/C30H23N2O3PS/c1-35-28(34)26-29(37-30(31-26)32-27(33)22-14-6-2-7-15-22)36(23-16-8-3-9-17-23,24-18-10-4-11-19-24)25-20-12-5-13-21-25/h2-21H,1H3/p+1. The van der Waals surface area contributed by atoms with Crippen LogP contribution in [0.3, 0.4) is 0 Å². The number of carbonyl (C=O) groups excluding carboxylic acids is 2. The number of ether oxygens (including phenoxy) is 1. The number of nitrogens with zero attached hydrogens (tertiary/aromatic N) is 1. The quantitative estimate of drug-likeness (QED) is 0.246. The normalized spacial score (nSPS) is 11.1. The molecule has 5 nitrogen and oxygen atoms in total. The van der Waals surface area contributed by atoms with E-state index >= 15 is 0 Å². The van der Waals surface area contributed by atoms with E-state index in [1.807, 2.05) is 60.7 Å². The minimum Gasteiger partial charge on any atom is -0.464 e. The molecule has 0 aliphatic heterocycles. The van der Waals surface area contributed by atoms with Crippen molar-refractivity contribution in [1.29, 1.82) is 0 Å². The first-order valence-electron chi connectivity index (χ1n) is 11.7. The Morgan fingerprint density at radius 3 is 1.57 bits per heavy atom. The molecule has 7 heteroatoms. The van der Waals surface area contributed by atoms with E-state index in [2.05, 4.69) is 46.7 Å². The molecule has 1 N–H and O–H groups in total. The minimum absolute atomic E-state index is 0.209. The number of hydrogen-bond acceptors (Lipinski definition) is 5. The number of amides is 1. The van der Waals surface area contributed by atoms with E-state index in [0.717, 1.165) is 20.5 Å². The lowest BCUT2D eigenvalue weighted by Gasteiger charge is -2.26. The molecule has 0 radical (unpaired) electrons. The monoisotopic (exact) mass is 523 g/mol. The van der Waals surface area contributed by atoms with Crippen LogP contribution in [0.5, 0.6) is 0 Å². The highest BCUT2D eigenvalue weighted by molar-refractivity contribution is 8.04. The number of rotatable bonds is 7. The molecule has 0 fully saturated rings. The summed E-state index contributed by atoms with van der Waals surface area (Å²) in [6.45, 7) is 0. The Kier molecular flexibility index (Phi) is 7.22. The molecule has 0 unspecified atom stereocenters. The molecule has 4 aromatic carbocycles. The Labute approximate surface area is 220 Å². The van der Waals surface area contributed by atoms with Gasteiger partial charge < -0.3 is 4.74 Å². The largest absolute Gasteiger partial charge is 0.464 e. The van der Waals surface area contributed by atoms with Crippen molar-refractivity contribution >= 4 is 56.1 Å². The highest BCUT2D eigenvalue weighted by Gasteiger charge is 2.52. The van der Waals surface area contributed by atoms with Gasteiger partial charge in [0.2, 0.25) is 5.69 Å². The fourth-order valence-corrected chi connectivity index (χ4v) is 10.7. The summed E-state index contributed by atoms with van der Waals surface area (Å²) in [6, 6.07) is 39.5. The molecule has 0 bridgehead atoms. The summed E-state index contributed by atoms with van der Waals surface area (Å²) < 4.78 is 5.96. The van der Waals surface area contributed by atoms with E-state index in [4.69, 9.17) is 4.74 Å². The number of anilines is 1. The third-order valence-electron chi connectivity index (χ3n) is 5.98. The molecule has 182 valence electrons. The number of benzene rings is 4. The van der Waals surface area contributed by atoms with E-state index in [1.165, 1.54) is 18.4 Å². The van der Waals surface area contributed by atoms with Gasteiger partial charge in [-0.05, 0) is 48.5 Å². The maximum Gasteiger partial charge on any atom is 0.361 e. The Balaban J connectivity index is 1.79. The number of methoxy groups -OCH3 is 1. The zero-order valence-electron chi connectivity index (χ0n) is 20.1. The van der Waals surface area contributed by atoms with Gasteiger partial charge in [0.15, 0.2) is 17.0 Å². The van der Waals surface area contributed by atoms with Crippen LogP contribution >= 0.6 is 18.6 Å². The number of nitrogens with one attached hydrogen (secondary N) is 1. The summed E-state index contributed by atoms with van der Waals surface area (Å²) in [7, 11) is -1.25. The lowest BCUT2D eigenvalue weighted by Crippen LogP contribution is -2.39. The summed E-state index contributed by atoms with van der Waals surface area (Å²) >= 11 is 1.32. The van der Waals surface area contributed by atoms with Gasteiger partial charge >= 0.3 is 5.97 Å². The highest BCUT2D eigenvalue weighted by atomic mass is 32.1. The van der Waals surface area contributed by atoms with E-state index in [9.17, 15) is 9.59 Å². The van der Waals surface area contributed by atoms with E-state index in [1.54, 1.807) is 24.3 Å². The Hall–Kier alpha value is -4.12. The van der Waals surface area contributed by atoms with Gasteiger partial charge in [-0.1, -0.05) is 84.1 Å². The SMILES string of the molecule is COC(=O)c1nc(NC(=O)c2ccccc2)sc1[P+](c1ccccc1)(c1ccccc1)c1ccccc1. The summed E-state index contributed by atoms with van der Waals surface area (Å²) in [4.78, 5) is 30.8. The molecular weight excluding hydrogens is 499 g/mol. The molecule has 5 aromatic rings. The highest BCUT2D eigenvalue weighted by Crippen LogP contribution is 2.56. The fourth-order valence-electron chi connectivity index (χ4n) is 4.34. The van der Waals surface area contributed by atoms with E-state index in [-0.39, 0.29) is 11.6 Å². The lowest BCUT2D eigenvalue weighted by atomic mass is 10.2. The average molecular weight is 524 g/mol. The third kappa shape index (κ3) is 4.69. The molecule has 0 spiro atoms. The molecule has 1 amide bonds. The number of thiazole rings is 1. The van der Waals surface area contributed by atoms with Gasteiger partial charge in [-0.25, -0.2) is 9.78 Å². The maximum absolute atomic E-state index is 13.2. The van der Waals surface area contributed by atoms with Crippen molar-refractivity contribution in [2.45, 2.75) is 0 Å². The van der Waals surface area contributed by atoms with Crippen LogP contribution in [0.4, 0.5) is 5.13 Å². The molecule has 37 heavy (non-hydrogen) atoms. The average Bonchev–Trinajstić information content (AvgIpc) is 3.39. The first-order chi connectivity index (χ1) is 18.1. The summed E-state index contributed by atoms with van der Waals surface area (Å²) in [6.07, 6.45) is 0. The zero-order chi connectivity index (χ0) is 25.7. The van der Waals surface area contributed by atoms with Crippen molar-refractivity contribution < 1.29 is 14.3 Å². The van der Waals surface area contributed by atoms with Crippen LogP contribution in [0.25, 0.3) is 0 Å². The Morgan fingerprint density at radius 2 is 1.14 bits per heavy atom. The molecular formula is C30H24N2O3PS+. The molecule has 0 aliphatic carbocycles. The second-order valence-electron chi connectivity index (χ2n) is 8.16. The predicted octanol–water partition coefficient (Wildman–Crippen LogP) is 4.80. The van der Waals surface area contributed by atoms with Crippen molar-refractivity contribution in [3.05, 3.63) is 133 Å². The Morgan fingerprint density at radius 1 is 0.703 bits per heavy atom. The second-order valence-corrected chi connectivity index (χ2v) is 12.8. The van der Waals surface area contributed by atoms with Crippen LogP contribution < -0.4 is 25.8 Å².